The smallest absolute Gasteiger partial charge is 0.333 e. The molecule has 178 valence electrons. The van der Waals surface area contributed by atoms with Gasteiger partial charge in [0.15, 0.2) is 0 Å². The van der Waals surface area contributed by atoms with Crippen molar-refractivity contribution in [3.05, 3.63) is 82.7 Å². The molecule has 9 nitrogen and oxygen atoms in total. The molecule has 1 unspecified atom stereocenters. The van der Waals surface area contributed by atoms with Crippen molar-refractivity contribution >= 4 is 47.0 Å². The summed E-state index contributed by atoms with van der Waals surface area (Å²) in [5, 5.41) is 8.16. The number of fused-ring (bicyclic) bond motifs is 1. The summed E-state index contributed by atoms with van der Waals surface area (Å²) in [6.07, 6.45) is 6.87. The molecule has 2 aromatic rings. The Kier molecular flexibility index (Phi) is 5.93. The third-order valence-corrected chi connectivity index (χ3v) is 6.04. The van der Waals surface area contributed by atoms with Crippen molar-refractivity contribution in [3.63, 3.8) is 0 Å². The summed E-state index contributed by atoms with van der Waals surface area (Å²) < 4.78 is 13.6. The number of carbonyl (C=O) groups excluding carboxylic acids is 2. The van der Waals surface area contributed by atoms with Crippen LogP contribution < -0.4 is 21.8 Å². The lowest BCUT2D eigenvalue weighted by Crippen LogP contribution is -2.56. The van der Waals surface area contributed by atoms with Gasteiger partial charge in [0.1, 0.15) is 17.7 Å². The van der Waals surface area contributed by atoms with Crippen molar-refractivity contribution in [1.29, 1.82) is 0 Å². The van der Waals surface area contributed by atoms with Crippen LogP contribution in [0.15, 0.2) is 76.2 Å². The second-order valence-electron chi connectivity index (χ2n) is 8.42. The van der Waals surface area contributed by atoms with Gasteiger partial charge >= 0.3 is 17.8 Å². The molecule has 1 saturated carbocycles. The van der Waals surface area contributed by atoms with Crippen LogP contribution >= 0.6 is 11.6 Å². The van der Waals surface area contributed by atoms with Gasteiger partial charge in [-0.15, -0.1) is 4.59 Å². The number of quaternary nitrogens is 1. The zero-order chi connectivity index (χ0) is 24.6. The van der Waals surface area contributed by atoms with Gasteiger partial charge in [0, 0.05) is 23.2 Å². The van der Waals surface area contributed by atoms with Crippen molar-refractivity contribution in [3.8, 4) is 0 Å². The van der Waals surface area contributed by atoms with E-state index in [1.807, 2.05) is 0 Å². The van der Waals surface area contributed by atoms with Crippen LogP contribution in [0.2, 0.25) is 5.02 Å². The largest absolute Gasteiger partial charge is 0.334 e. The Morgan fingerprint density at radius 2 is 2.00 bits per heavy atom. The minimum absolute atomic E-state index is 0.0134. The summed E-state index contributed by atoms with van der Waals surface area (Å²) in [6.45, 7) is 0.152. The number of amidine groups is 1. The van der Waals surface area contributed by atoms with Crippen LogP contribution in [-0.2, 0) is 11.3 Å². The maximum atomic E-state index is 13.9. The van der Waals surface area contributed by atoms with Crippen molar-refractivity contribution in [1.82, 2.24) is 5.32 Å². The quantitative estimate of drug-likeness (QED) is 0.358. The van der Waals surface area contributed by atoms with Gasteiger partial charge in [0.05, 0.1) is 18.1 Å². The molecule has 0 bridgehead atoms. The number of nitrogens with one attached hydrogen (secondary N) is 3. The molecule has 0 saturated heterocycles. The Balaban J connectivity index is 1.23. The second kappa shape index (κ2) is 9.06. The van der Waals surface area contributed by atoms with E-state index in [0.717, 1.165) is 30.2 Å². The fourth-order valence-electron chi connectivity index (χ4n) is 3.89. The normalized spacial score (nSPS) is 20.4. The van der Waals surface area contributed by atoms with E-state index in [1.165, 1.54) is 12.1 Å². The molecule has 35 heavy (non-hydrogen) atoms. The first kappa shape index (κ1) is 22.9. The number of halogens is 2. The number of anilines is 2. The van der Waals surface area contributed by atoms with Crippen molar-refractivity contribution < 1.29 is 18.6 Å². The van der Waals surface area contributed by atoms with E-state index in [4.69, 9.17) is 17.4 Å². The first-order chi connectivity index (χ1) is 16.8. The van der Waals surface area contributed by atoms with Gasteiger partial charge in [-0.05, 0) is 48.7 Å². The van der Waals surface area contributed by atoms with Crippen LogP contribution in [0.5, 0.6) is 0 Å². The van der Waals surface area contributed by atoms with E-state index in [1.54, 1.807) is 42.9 Å². The molecule has 2 heterocycles. The van der Waals surface area contributed by atoms with E-state index in [0.29, 0.717) is 17.3 Å². The number of carbonyl (C=O) groups is 2. The Labute approximate surface area is 205 Å². The van der Waals surface area contributed by atoms with Gasteiger partial charge in [0.2, 0.25) is 5.70 Å². The Hall–Kier alpha value is -3.86. The molecule has 3 amide bonds. The lowest BCUT2D eigenvalue weighted by molar-refractivity contribution is -0.749. The SMILES string of the molecule is N[N+]12C=CN=CC1=C(C1CC1)N=C2C(=O)Nc1cccc(CNC(=O)Nc2ccc(Cl)cc2F)c1. The van der Waals surface area contributed by atoms with Crippen LogP contribution in [0.4, 0.5) is 20.6 Å². The third-order valence-electron chi connectivity index (χ3n) is 5.81. The number of hydrogen-bond donors (Lipinski definition) is 4. The van der Waals surface area contributed by atoms with Crippen LogP contribution in [0.3, 0.4) is 0 Å². The van der Waals surface area contributed by atoms with E-state index < -0.39 is 17.8 Å². The molecule has 1 atom stereocenters. The number of allylic oxidation sites excluding steroid dienone is 2. The summed E-state index contributed by atoms with van der Waals surface area (Å²) in [4.78, 5) is 34.0. The van der Waals surface area contributed by atoms with E-state index in [9.17, 15) is 14.0 Å². The van der Waals surface area contributed by atoms with Gasteiger partial charge < -0.3 is 16.0 Å². The maximum absolute atomic E-state index is 13.9. The van der Waals surface area contributed by atoms with Crippen molar-refractivity contribution in [2.75, 3.05) is 10.6 Å². The average Bonchev–Trinajstić information content (AvgIpc) is 3.62. The van der Waals surface area contributed by atoms with Gasteiger partial charge in [0.25, 0.3) is 0 Å². The van der Waals surface area contributed by atoms with Crippen LogP contribution in [0, 0.1) is 11.7 Å². The van der Waals surface area contributed by atoms with Gasteiger partial charge in [-0.3, -0.25) is 9.79 Å². The summed E-state index contributed by atoms with van der Waals surface area (Å²) in [7, 11) is 0. The number of benzene rings is 2. The highest BCUT2D eigenvalue weighted by atomic mass is 35.5. The molecule has 0 radical (unpaired) electrons. The number of aliphatic imine (C=N–C) groups is 2. The second-order valence-corrected chi connectivity index (χ2v) is 8.86. The van der Waals surface area contributed by atoms with Crippen molar-refractivity contribution in [2.24, 2.45) is 21.7 Å². The Morgan fingerprint density at radius 1 is 1.17 bits per heavy atom. The van der Waals surface area contributed by atoms with Crippen molar-refractivity contribution in [2.45, 2.75) is 19.4 Å². The van der Waals surface area contributed by atoms with E-state index >= 15 is 0 Å². The fourth-order valence-corrected chi connectivity index (χ4v) is 4.05. The minimum atomic E-state index is -0.634. The van der Waals surface area contributed by atoms with Crippen LogP contribution in [-0.4, -0.2) is 28.6 Å². The first-order valence-corrected chi connectivity index (χ1v) is 11.3. The average molecular weight is 495 g/mol. The zero-order valence-electron chi connectivity index (χ0n) is 18.5. The molecule has 3 aliphatic rings. The molecular formula is C24H22ClFN7O2+. The standard InChI is InChI=1S/C24H21ClFN7O2/c25-16-6-7-19(18(26)11-16)31-24(35)29-12-14-2-1-3-17(10-14)30-23(34)22-32-21(15-4-5-15)20-13-28-8-9-33(20,22)27/h1-3,6-11,13,15H,4-5,12,27H2,(H2-,29,30,31,34,35)/p+1. The fraction of sp³-hybridized carbons (Fsp3) is 0.167. The number of hydrogen-bond acceptors (Lipinski definition) is 5. The lowest BCUT2D eigenvalue weighted by atomic mass is 10.2. The molecule has 5 rings (SSSR count). The molecule has 11 heteroatoms. The molecule has 1 fully saturated rings. The van der Waals surface area contributed by atoms with Crippen LogP contribution in [0.25, 0.3) is 0 Å². The molecule has 2 aromatic carbocycles. The number of amides is 3. The lowest BCUT2D eigenvalue weighted by Gasteiger charge is -2.25. The summed E-state index contributed by atoms with van der Waals surface area (Å²) in [5.41, 5.74) is 2.78. The predicted octanol–water partition coefficient (Wildman–Crippen LogP) is 4.02. The molecule has 0 spiro atoms. The molecule has 0 aromatic heterocycles. The topological polar surface area (TPSA) is 121 Å². The molecular weight excluding hydrogens is 473 g/mol. The highest BCUT2D eigenvalue weighted by Crippen LogP contribution is 2.43. The summed E-state index contributed by atoms with van der Waals surface area (Å²) in [5.74, 6) is 5.94. The molecule has 2 aliphatic heterocycles. The number of nitrogens with zero attached hydrogens (tertiary/aromatic N) is 3. The monoisotopic (exact) mass is 494 g/mol. The third kappa shape index (κ3) is 4.72. The van der Waals surface area contributed by atoms with Crippen LogP contribution in [0.1, 0.15) is 18.4 Å². The highest BCUT2D eigenvalue weighted by molar-refractivity contribution is 6.40. The van der Waals surface area contributed by atoms with E-state index in [-0.39, 0.29) is 27.7 Å². The van der Waals surface area contributed by atoms with Gasteiger partial charge in [-0.2, -0.15) is 10.8 Å². The van der Waals surface area contributed by atoms with Gasteiger partial charge in [-0.25, -0.2) is 9.18 Å². The number of urea groups is 1. The Morgan fingerprint density at radius 3 is 2.77 bits per heavy atom. The Bertz CT molecular complexity index is 1350. The minimum Gasteiger partial charge on any atom is -0.334 e. The predicted molar refractivity (Wildman–Crippen MR) is 132 cm³/mol. The summed E-state index contributed by atoms with van der Waals surface area (Å²) >= 11 is 5.73. The first-order valence-electron chi connectivity index (χ1n) is 11.0. The highest BCUT2D eigenvalue weighted by Gasteiger charge is 2.50. The molecule has 1 aliphatic carbocycles. The molecule has 5 N–H and O–H groups in total. The van der Waals surface area contributed by atoms with E-state index in [2.05, 4.69) is 25.9 Å². The summed E-state index contributed by atoms with van der Waals surface area (Å²) in [6, 6.07) is 10.4. The van der Waals surface area contributed by atoms with Gasteiger partial charge in [-0.1, -0.05) is 23.7 Å². The number of nitrogens with two attached hydrogens (primary N) is 1. The zero-order valence-corrected chi connectivity index (χ0v) is 19.2. The number of rotatable bonds is 6. The maximum Gasteiger partial charge on any atom is 0.333 e.